The molecule has 2 aromatic rings. The Bertz CT molecular complexity index is 673. The van der Waals surface area contributed by atoms with Crippen LogP contribution in [-0.4, -0.2) is 42.1 Å². The molecule has 0 aliphatic heterocycles. The topological polar surface area (TPSA) is 31.6 Å². The van der Waals surface area contributed by atoms with Crippen LogP contribution < -0.4 is 5.32 Å². The maximum absolute atomic E-state index is 6.20. The molecule has 1 aromatic heterocycles. The lowest BCUT2D eigenvalue weighted by Gasteiger charge is -2.31. The summed E-state index contributed by atoms with van der Waals surface area (Å²) in [5.74, 6) is 0.889. The van der Waals surface area contributed by atoms with Gasteiger partial charge in [0.25, 0.3) is 0 Å². The lowest BCUT2D eigenvalue weighted by Crippen LogP contribution is -2.40. The Morgan fingerprint density at radius 3 is 2.62 bits per heavy atom. The van der Waals surface area contributed by atoms with Gasteiger partial charge in [0, 0.05) is 23.8 Å². The van der Waals surface area contributed by atoms with E-state index in [-0.39, 0.29) is 6.04 Å². The van der Waals surface area contributed by atoms with E-state index in [1.807, 2.05) is 51.4 Å². The van der Waals surface area contributed by atoms with Crippen LogP contribution in [0.5, 0.6) is 0 Å². The third-order valence-corrected chi connectivity index (χ3v) is 4.64. The molecular weight excluding hydrogens is 342 g/mol. The Morgan fingerprint density at radius 2 is 2.04 bits per heavy atom. The van der Waals surface area contributed by atoms with Gasteiger partial charge < -0.3 is 19.5 Å². The van der Waals surface area contributed by atoms with Crippen LogP contribution in [0.1, 0.15) is 24.3 Å². The van der Waals surface area contributed by atoms with Gasteiger partial charge in [0.05, 0.1) is 12.3 Å². The number of furan rings is 1. The van der Waals surface area contributed by atoms with E-state index in [4.69, 9.17) is 28.2 Å². The van der Waals surface area contributed by atoms with Crippen LogP contribution in [0.3, 0.4) is 0 Å². The second kappa shape index (κ2) is 8.51. The molecule has 0 saturated carbocycles. The van der Waals surface area contributed by atoms with Gasteiger partial charge >= 0.3 is 0 Å². The average molecular weight is 366 g/mol. The Kier molecular flexibility index (Phi) is 6.66. The second-order valence-corrected chi connectivity index (χ2v) is 6.88. The molecule has 0 radical (unpaired) electrons. The first-order valence-corrected chi connectivity index (χ1v) is 8.69. The van der Waals surface area contributed by atoms with Crippen molar-refractivity contribution in [2.45, 2.75) is 19.9 Å². The average Bonchev–Trinajstić information content (AvgIpc) is 3.05. The largest absolute Gasteiger partial charge is 0.467 e. The quantitative estimate of drug-likeness (QED) is 0.758. The van der Waals surface area contributed by atoms with Crippen molar-refractivity contribution in [3.63, 3.8) is 0 Å². The van der Waals surface area contributed by atoms with Crippen molar-refractivity contribution in [3.05, 3.63) is 52.9 Å². The van der Waals surface area contributed by atoms with Gasteiger partial charge in [-0.15, -0.1) is 0 Å². The number of aryl methyl sites for hydroxylation is 1. The number of anilines is 1. The standard InChI is InChI=1S/C18H24ClN3OS/c1-13-7-8-15(12-16(13)19)20-18(24)22(10-9-21(3)4)14(2)17-6-5-11-23-17/h5-8,11-12,14H,9-10H2,1-4H3,(H,20,24)/t14-/m0/s1. The highest BCUT2D eigenvalue weighted by molar-refractivity contribution is 7.80. The number of rotatable bonds is 6. The normalized spacial score (nSPS) is 12.2. The molecule has 2 rings (SSSR count). The Hall–Kier alpha value is -1.56. The highest BCUT2D eigenvalue weighted by Crippen LogP contribution is 2.24. The Labute approximate surface area is 154 Å². The molecular formula is C18H24ClN3OS. The van der Waals surface area contributed by atoms with E-state index in [0.29, 0.717) is 5.11 Å². The van der Waals surface area contributed by atoms with E-state index in [1.54, 1.807) is 6.26 Å². The number of thiocarbonyl (C=S) groups is 1. The highest BCUT2D eigenvalue weighted by Gasteiger charge is 2.21. The molecule has 0 saturated heterocycles. The fraction of sp³-hybridized carbons (Fsp3) is 0.389. The van der Waals surface area contributed by atoms with Crippen molar-refractivity contribution in [2.75, 3.05) is 32.5 Å². The maximum atomic E-state index is 6.20. The Balaban J connectivity index is 2.15. The minimum Gasteiger partial charge on any atom is -0.467 e. The zero-order valence-electron chi connectivity index (χ0n) is 14.5. The van der Waals surface area contributed by atoms with E-state index in [1.165, 1.54) is 0 Å². The number of hydrogen-bond acceptors (Lipinski definition) is 3. The molecule has 6 heteroatoms. The molecule has 1 N–H and O–H groups in total. The fourth-order valence-electron chi connectivity index (χ4n) is 2.33. The van der Waals surface area contributed by atoms with E-state index < -0.39 is 0 Å². The molecule has 0 fully saturated rings. The third kappa shape index (κ3) is 4.97. The summed E-state index contributed by atoms with van der Waals surface area (Å²) < 4.78 is 5.55. The van der Waals surface area contributed by atoms with Crippen LogP contribution in [0.25, 0.3) is 0 Å². The number of nitrogens with one attached hydrogen (secondary N) is 1. The van der Waals surface area contributed by atoms with Gasteiger partial charge in [-0.05, 0) is 70.0 Å². The van der Waals surface area contributed by atoms with E-state index >= 15 is 0 Å². The molecule has 1 aromatic carbocycles. The van der Waals surface area contributed by atoms with Crippen LogP contribution in [-0.2, 0) is 0 Å². The summed E-state index contributed by atoms with van der Waals surface area (Å²) in [7, 11) is 4.10. The molecule has 0 amide bonds. The fourth-order valence-corrected chi connectivity index (χ4v) is 2.88. The molecule has 0 bridgehead atoms. The number of likely N-dealkylation sites (N-methyl/N-ethyl adjacent to an activating group) is 1. The van der Waals surface area contributed by atoms with Gasteiger partial charge in [-0.3, -0.25) is 0 Å². The van der Waals surface area contributed by atoms with E-state index in [0.717, 1.165) is 35.1 Å². The lowest BCUT2D eigenvalue weighted by molar-refractivity contribution is 0.263. The second-order valence-electron chi connectivity index (χ2n) is 6.08. The van der Waals surface area contributed by atoms with Crippen LogP contribution in [0.4, 0.5) is 5.69 Å². The monoisotopic (exact) mass is 365 g/mol. The van der Waals surface area contributed by atoms with Crippen molar-refractivity contribution in [1.29, 1.82) is 0 Å². The number of nitrogens with zero attached hydrogens (tertiary/aromatic N) is 2. The number of hydrogen-bond donors (Lipinski definition) is 1. The molecule has 0 spiro atoms. The molecule has 0 aliphatic rings. The summed E-state index contributed by atoms with van der Waals surface area (Å²) in [4.78, 5) is 4.26. The number of halogens is 1. The van der Waals surface area contributed by atoms with Gasteiger partial charge in [-0.2, -0.15) is 0 Å². The summed E-state index contributed by atoms with van der Waals surface area (Å²) in [5, 5.41) is 4.67. The van der Waals surface area contributed by atoms with Crippen LogP contribution in [0.2, 0.25) is 5.02 Å². The van der Waals surface area contributed by atoms with Crippen molar-refractivity contribution >= 4 is 34.6 Å². The summed E-state index contributed by atoms with van der Waals surface area (Å²) in [6.07, 6.45) is 1.69. The SMILES string of the molecule is Cc1ccc(NC(=S)N(CCN(C)C)[C@@H](C)c2ccco2)cc1Cl. The van der Waals surface area contributed by atoms with Crippen molar-refractivity contribution in [3.8, 4) is 0 Å². The van der Waals surface area contributed by atoms with Gasteiger partial charge in [-0.1, -0.05) is 17.7 Å². The molecule has 4 nitrogen and oxygen atoms in total. The van der Waals surface area contributed by atoms with Gasteiger partial charge in [0.1, 0.15) is 5.76 Å². The minimum atomic E-state index is 0.0425. The van der Waals surface area contributed by atoms with Crippen molar-refractivity contribution < 1.29 is 4.42 Å². The van der Waals surface area contributed by atoms with Crippen LogP contribution in [0.15, 0.2) is 41.0 Å². The molecule has 1 heterocycles. The maximum Gasteiger partial charge on any atom is 0.174 e. The third-order valence-electron chi connectivity index (χ3n) is 3.89. The lowest BCUT2D eigenvalue weighted by atomic mass is 10.2. The molecule has 1 atom stereocenters. The first-order valence-electron chi connectivity index (χ1n) is 7.90. The number of benzene rings is 1. The predicted octanol–water partition coefficient (Wildman–Crippen LogP) is 4.56. The minimum absolute atomic E-state index is 0.0425. The summed E-state index contributed by atoms with van der Waals surface area (Å²) in [6.45, 7) is 5.75. The molecule has 24 heavy (non-hydrogen) atoms. The van der Waals surface area contributed by atoms with Gasteiger partial charge in [0.2, 0.25) is 0 Å². The van der Waals surface area contributed by atoms with Gasteiger partial charge in [-0.25, -0.2) is 0 Å². The molecule has 0 unspecified atom stereocenters. The van der Waals surface area contributed by atoms with Crippen molar-refractivity contribution in [2.24, 2.45) is 0 Å². The van der Waals surface area contributed by atoms with E-state index in [2.05, 4.69) is 22.0 Å². The summed E-state index contributed by atoms with van der Waals surface area (Å²) in [5.41, 5.74) is 1.93. The van der Waals surface area contributed by atoms with Crippen LogP contribution in [0, 0.1) is 6.92 Å². The van der Waals surface area contributed by atoms with Crippen LogP contribution >= 0.6 is 23.8 Å². The summed E-state index contributed by atoms with van der Waals surface area (Å²) in [6, 6.07) is 9.76. The van der Waals surface area contributed by atoms with E-state index in [9.17, 15) is 0 Å². The molecule has 130 valence electrons. The highest BCUT2D eigenvalue weighted by atomic mass is 35.5. The first kappa shape index (κ1) is 18.8. The van der Waals surface area contributed by atoms with Gasteiger partial charge in [0.15, 0.2) is 5.11 Å². The first-order chi connectivity index (χ1) is 11.4. The predicted molar refractivity (Wildman–Crippen MR) is 105 cm³/mol. The Morgan fingerprint density at radius 1 is 1.29 bits per heavy atom. The molecule has 0 aliphatic carbocycles. The van der Waals surface area contributed by atoms with Crippen molar-refractivity contribution in [1.82, 2.24) is 9.80 Å². The summed E-state index contributed by atoms with van der Waals surface area (Å²) >= 11 is 11.9. The smallest absolute Gasteiger partial charge is 0.174 e. The zero-order valence-corrected chi connectivity index (χ0v) is 16.1. The zero-order chi connectivity index (χ0) is 17.7.